The third-order valence-electron chi connectivity index (χ3n) is 4.11. The van der Waals surface area contributed by atoms with Gasteiger partial charge in [-0.1, -0.05) is 37.5 Å². The van der Waals surface area contributed by atoms with Crippen LogP contribution in [0.2, 0.25) is 0 Å². The zero-order valence-corrected chi connectivity index (χ0v) is 11.9. The van der Waals surface area contributed by atoms with E-state index in [1.807, 2.05) is 30.3 Å². The summed E-state index contributed by atoms with van der Waals surface area (Å²) < 4.78 is 5.72. The van der Waals surface area contributed by atoms with E-state index in [4.69, 9.17) is 4.42 Å². The van der Waals surface area contributed by atoms with Crippen LogP contribution in [-0.4, -0.2) is 15.7 Å². The molecule has 0 unspecified atom stereocenters. The molecule has 1 aliphatic carbocycles. The van der Waals surface area contributed by atoms with Gasteiger partial charge >= 0.3 is 0 Å². The van der Waals surface area contributed by atoms with Crippen LogP contribution >= 0.6 is 0 Å². The Hall–Kier alpha value is -1.68. The average Bonchev–Trinajstić information content (AvgIpc) is 2.96. The third kappa shape index (κ3) is 3.07. The molecule has 4 nitrogen and oxygen atoms in total. The van der Waals surface area contributed by atoms with Gasteiger partial charge in [0.25, 0.3) is 0 Å². The highest BCUT2D eigenvalue weighted by Gasteiger charge is 2.26. The molecular weight excluding hydrogens is 250 g/mol. The Morgan fingerprint density at radius 1 is 1.10 bits per heavy atom. The second kappa shape index (κ2) is 5.75. The molecule has 0 spiro atoms. The van der Waals surface area contributed by atoms with Crippen molar-refractivity contribution in [3.8, 4) is 11.5 Å². The molecule has 0 aliphatic heterocycles. The number of hydrogen-bond acceptors (Lipinski definition) is 4. The maximum Gasteiger partial charge on any atom is 0.247 e. The summed E-state index contributed by atoms with van der Waals surface area (Å²) in [6, 6.07) is 9.88. The van der Waals surface area contributed by atoms with E-state index in [9.17, 15) is 0 Å². The van der Waals surface area contributed by atoms with Gasteiger partial charge in [-0.25, -0.2) is 0 Å². The van der Waals surface area contributed by atoms with Gasteiger partial charge in [0.15, 0.2) is 0 Å². The van der Waals surface area contributed by atoms with Crippen LogP contribution in [0.4, 0.5) is 0 Å². The zero-order valence-electron chi connectivity index (χ0n) is 11.9. The van der Waals surface area contributed by atoms with Crippen LogP contribution in [-0.2, 0) is 6.54 Å². The molecule has 3 rings (SSSR count). The standard InChI is InChI=1S/C16H21N3O/c1-16(10-6-3-7-11-16)17-12-14-18-19-15(20-14)13-8-4-2-5-9-13/h2,4-5,8-9,17H,3,6-7,10-12H2,1H3. The van der Waals surface area contributed by atoms with E-state index in [2.05, 4.69) is 22.4 Å². The minimum atomic E-state index is 0.222. The van der Waals surface area contributed by atoms with Gasteiger partial charge < -0.3 is 9.73 Å². The summed E-state index contributed by atoms with van der Waals surface area (Å²) in [5.74, 6) is 1.26. The molecule has 4 heteroatoms. The molecule has 0 atom stereocenters. The van der Waals surface area contributed by atoms with Gasteiger partial charge in [0.1, 0.15) is 0 Å². The summed E-state index contributed by atoms with van der Waals surface area (Å²) >= 11 is 0. The molecule has 1 heterocycles. The molecule has 0 saturated heterocycles. The van der Waals surface area contributed by atoms with Crippen molar-refractivity contribution in [2.75, 3.05) is 0 Å². The second-order valence-corrected chi connectivity index (χ2v) is 5.84. The minimum absolute atomic E-state index is 0.222. The molecule has 0 amide bonds. The Balaban J connectivity index is 1.63. The van der Waals surface area contributed by atoms with Crippen molar-refractivity contribution in [3.05, 3.63) is 36.2 Å². The molecule has 20 heavy (non-hydrogen) atoms. The van der Waals surface area contributed by atoms with Crippen LogP contribution in [0, 0.1) is 0 Å². The highest BCUT2D eigenvalue weighted by molar-refractivity contribution is 5.51. The smallest absolute Gasteiger partial charge is 0.247 e. The monoisotopic (exact) mass is 271 g/mol. The van der Waals surface area contributed by atoms with E-state index in [-0.39, 0.29) is 5.54 Å². The van der Waals surface area contributed by atoms with Gasteiger partial charge in [-0.15, -0.1) is 10.2 Å². The SMILES string of the molecule is CC1(NCc2nnc(-c3ccccc3)o2)CCCCC1. The maximum absolute atomic E-state index is 5.72. The lowest BCUT2D eigenvalue weighted by atomic mass is 9.83. The van der Waals surface area contributed by atoms with Gasteiger partial charge in [0.05, 0.1) is 6.54 Å². The number of hydrogen-bond donors (Lipinski definition) is 1. The minimum Gasteiger partial charge on any atom is -0.419 e. The largest absolute Gasteiger partial charge is 0.419 e. The van der Waals surface area contributed by atoms with Crippen molar-refractivity contribution in [2.24, 2.45) is 0 Å². The Labute approximate surface area is 119 Å². The lowest BCUT2D eigenvalue weighted by Crippen LogP contribution is -2.43. The highest BCUT2D eigenvalue weighted by Crippen LogP contribution is 2.28. The van der Waals surface area contributed by atoms with Crippen molar-refractivity contribution < 1.29 is 4.42 Å². The van der Waals surface area contributed by atoms with Crippen molar-refractivity contribution >= 4 is 0 Å². The number of rotatable bonds is 4. The fourth-order valence-corrected chi connectivity index (χ4v) is 2.82. The molecule has 1 saturated carbocycles. The topological polar surface area (TPSA) is 51.0 Å². The molecule has 2 aromatic rings. The van der Waals surface area contributed by atoms with E-state index in [1.165, 1.54) is 32.1 Å². The van der Waals surface area contributed by atoms with E-state index in [0.717, 1.165) is 5.56 Å². The van der Waals surface area contributed by atoms with E-state index < -0.39 is 0 Å². The van der Waals surface area contributed by atoms with Crippen molar-refractivity contribution in [2.45, 2.75) is 51.1 Å². The zero-order chi connectivity index (χ0) is 13.8. The lowest BCUT2D eigenvalue weighted by molar-refractivity contribution is 0.244. The first-order valence-electron chi connectivity index (χ1n) is 7.38. The van der Waals surface area contributed by atoms with Crippen LogP contribution in [0.3, 0.4) is 0 Å². The van der Waals surface area contributed by atoms with Gasteiger partial charge in [0, 0.05) is 11.1 Å². The van der Waals surface area contributed by atoms with Crippen molar-refractivity contribution in [1.29, 1.82) is 0 Å². The van der Waals surface area contributed by atoms with Gasteiger partial charge in [-0.2, -0.15) is 0 Å². The molecule has 1 fully saturated rings. The van der Waals surface area contributed by atoms with Crippen LogP contribution in [0.25, 0.3) is 11.5 Å². The van der Waals surface area contributed by atoms with Crippen LogP contribution in [0.5, 0.6) is 0 Å². The summed E-state index contributed by atoms with van der Waals surface area (Å²) in [7, 11) is 0. The Morgan fingerprint density at radius 2 is 1.85 bits per heavy atom. The highest BCUT2D eigenvalue weighted by atomic mass is 16.4. The Bertz CT molecular complexity index is 544. The molecule has 1 aliphatic rings. The van der Waals surface area contributed by atoms with Crippen LogP contribution in [0.1, 0.15) is 44.9 Å². The van der Waals surface area contributed by atoms with E-state index in [1.54, 1.807) is 0 Å². The fourth-order valence-electron chi connectivity index (χ4n) is 2.82. The summed E-state index contributed by atoms with van der Waals surface area (Å²) in [5, 5.41) is 11.8. The first-order valence-corrected chi connectivity index (χ1v) is 7.38. The lowest BCUT2D eigenvalue weighted by Gasteiger charge is -2.34. The number of nitrogens with one attached hydrogen (secondary N) is 1. The quantitative estimate of drug-likeness (QED) is 0.924. The van der Waals surface area contributed by atoms with Crippen LogP contribution < -0.4 is 5.32 Å². The molecular formula is C16H21N3O. The molecule has 1 aromatic carbocycles. The third-order valence-corrected chi connectivity index (χ3v) is 4.11. The fraction of sp³-hybridized carbons (Fsp3) is 0.500. The molecule has 0 bridgehead atoms. The van der Waals surface area contributed by atoms with Gasteiger partial charge in [0.2, 0.25) is 11.8 Å². The van der Waals surface area contributed by atoms with Crippen molar-refractivity contribution in [3.63, 3.8) is 0 Å². The van der Waals surface area contributed by atoms with Crippen LogP contribution in [0.15, 0.2) is 34.7 Å². The first-order chi connectivity index (χ1) is 9.75. The number of nitrogens with zero attached hydrogens (tertiary/aromatic N) is 2. The maximum atomic E-state index is 5.72. The first kappa shape index (κ1) is 13.3. The summed E-state index contributed by atoms with van der Waals surface area (Å²) in [6.07, 6.45) is 6.43. The van der Waals surface area contributed by atoms with Gasteiger partial charge in [-0.3, -0.25) is 0 Å². The van der Waals surface area contributed by atoms with Crippen molar-refractivity contribution in [1.82, 2.24) is 15.5 Å². The Morgan fingerprint density at radius 3 is 2.60 bits per heavy atom. The normalized spacial score (nSPS) is 18.1. The molecule has 1 N–H and O–H groups in total. The van der Waals surface area contributed by atoms with E-state index >= 15 is 0 Å². The molecule has 1 aromatic heterocycles. The van der Waals surface area contributed by atoms with Gasteiger partial charge in [-0.05, 0) is 31.9 Å². The summed E-state index contributed by atoms with van der Waals surface area (Å²) in [4.78, 5) is 0. The predicted molar refractivity (Wildman–Crippen MR) is 78.1 cm³/mol. The summed E-state index contributed by atoms with van der Waals surface area (Å²) in [5.41, 5.74) is 1.19. The molecule has 106 valence electrons. The Kier molecular flexibility index (Phi) is 3.83. The summed E-state index contributed by atoms with van der Waals surface area (Å²) in [6.45, 7) is 2.94. The second-order valence-electron chi connectivity index (χ2n) is 5.84. The van der Waals surface area contributed by atoms with E-state index in [0.29, 0.717) is 18.3 Å². The average molecular weight is 271 g/mol. The molecule has 0 radical (unpaired) electrons. The number of aromatic nitrogens is 2. The number of benzene rings is 1. The predicted octanol–water partition coefficient (Wildman–Crippen LogP) is 3.55.